The Morgan fingerprint density at radius 3 is 2.76 bits per heavy atom. The molecule has 2 aromatic heterocycles. The lowest BCUT2D eigenvalue weighted by molar-refractivity contribution is -0.402. The molecule has 7 heteroatoms. The summed E-state index contributed by atoms with van der Waals surface area (Å²) in [5.74, 6) is -1.31. The van der Waals surface area contributed by atoms with Gasteiger partial charge in [-0.1, -0.05) is 18.2 Å². The summed E-state index contributed by atoms with van der Waals surface area (Å²) in [7, 11) is 0. The van der Waals surface area contributed by atoms with Crippen LogP contribution in [0, 0.1) is 10.1 Å². The van der Waals surface area contributed by atoms with Gasteiger partial charge in [0.05, 0.1) is 6.07 Å². The summed E-state index contributed by atoms with van der Waals surface area (Å²) in [6.07, 6.45) is 1.58. The van der Waals surface area contributed by atoms with Gasteiger partial charge in [0, 0.05) is 11.6 Å². The topological polar surface area (TPSA) is 95.5 Å². The van der Waals surface area contributed by atoms with Crippen LogP contribution in [0.5, 0.6) is 5.75 Å². The predicted molar refractivity (Wildman–Crippen MR) is 72.1 cm³/mol. The smallest absolute Gasteiger partial charge is 0.418 e. The number of esters is 1. The highest BCUT2D eigenvalue weighted by Crippen LogP contribution is 2.24. The minimum absolute atomic E-state index is 0.241. The summed E-state index contributed by atoms with van der Waals surface area (Å²) in [5.41, 5.74) is 0.523. The number of hydrogen-bond donors (Lipinski definition) is 0. The summed E-state index contributed by atoms with van der Waals surface area (Å²) in [6.45, 7) is 0. The number of hydrogen-bond acceptors (Lipinski definition) is 6. The highest BCUT2D eigenvalue weighted by molar-refractivity contribution is 5.92. The van der Waals surface area contributed by atoms with Crippen LogP contribution in [0.3, 0.4) is 0 Å². The van der Waals surface area contributed by atoms with Crippen LogP contribution in [-0.4, -0.2) is 15.9 Å². The van der Waals surface area contributed by atoms with Crippen LogP contribution in [0.2, 0.25) is 0 Å². The largest absolute Gasteiger partial charge is 0.433 e. The third-order valence-corrected chi connectivity index (χ3v) is 2.77. The Morgan fingerprint density at radius 2 is 2.00 bits per heavy atom. The number of fused-ring (bicyclic) bond motifs is 1. The van der Waals surface area contributed by atoms with E-state index in [4.69, 9.17) is 9.15 Å². The first-order valence-electron chi connectivity index (χ1n) is 5.95. The molecule has 0 spiro atoms. The number of aromatic nitrogens is 1. The van der Waals surface area contributed by atoms with Gasteiger partial charge in [0.15, 0.2) is 5.75 Å². The highest BCUT2D eigenvalue weighted by Gasteiger charge is 2.19. The Morgan fingerprint density at radius 1 is 1.19 bits per heavy atom. The molecule has 1 aromatic carbocycles. The maximum absolute atomic E-state index is 11.9. The number of nitro groups is 1. The van der Waals surface area contributed by atoms with Gasteiger partial charge in [-0.05, 0) is 18.2 Å². The molecule has 0 amide bonds. The van der Waals surface area contributed by atoms with Gasteiger partial charge >= 0.3 is 11.9 Å². The van der Waals surface area contributed by atoms with Gasteiger partial charge in [-0.2, -0.15) is 0 Å². The Balaban J connectivity index is 1.91. The molecule has 0 unspecified atom stereocenters. The van der Waals surface area contributed by atoms with Crippen LogP contribution in [-0.2, 0) is 0 Å². The summed E-state index contributed by atoms with van der Waals surface area (Å²) in [5, 5.41) is 11.3. The minimum atomic E-state index is -0.818. The average molecular weight is 284 g/mol. The van der Waals surface area contributed by atoms with Gasteiger partial charge in [-0.3, -0.25) is 15.1 Å². The van der Waals surface area contributed by atoms with Crippen LogP contribution >= 0.6 is 0 Å². The Hall–Kier alpha value is -3.22. The molecule has 21 heavy (non-hydrogen) atoms. The summed E-state index contributed by atoms with van der Waals surface area (Å²) in [4.78, 5) is 25.9. The lowest BCUT2D eigenvalue weighted by Gasteiger charge is -2.05. The number of rotatable bonds is 3. The molecular weight excluding hydrogens is 276 g/mol. The number of benzene rings is 1. The molecule has 0 atom stereocenters. The summed E-state index contributed by atoms with van der Waals surface area (Å²) in [6, 6.07) is 11.0. The zero-order valence-electron chi connectivity index (χ0n) is 10.6. The molecule has 7 nitrogen and oxygen atoms in total. The zero-order chi connectivity index (χ0) is 14.8. The van der Waals surface area contributed by atoms with Crippen molar-refractivity contribution in [1.29, 1.82) is 0 Å². The lowest BCUT2D eigenvalue weighted by atomic mass is 10.2. The van der Waals surface area contributed by atoms with Gasteiger partial charge in [0.1, 0.15) is 10.4 Å². The van der Waals surface area contributed by atoms with E-state index < -0.39 is 16.8 Å². The second kappa shape index (κ2) is 5.04. The first-order valence-corrected chi connectivity index (χ1v) is 5.95. The van der Waals surface area contributed by atoms with Crippen molar-refractivity contribution in [3.8, 4) is 5.75 Å². The average Bonchev–Trinajstić information content (AvgIpc) is 2.98. The second-order valence-corrected chi connectivity index (χ2v) is 4.12. The maximum atomic E-state index is 11.9. The maximum Gasteiger partial charge on any atom is 0.433 e. The molecule has 0 N–H and O–H groups in total. The van der Waals surface area contributed by atoms with Crippen molar-refractivity contribution in [2.45, 2.75) is 0 Å². The standard InChI is InChI=1S/C14H8N2O5/c17-14(11-6-7-12(20-11)16(18)19)21-10-5-1-3-9-4-2-8-15-13(9)10/h1-8H. The molecule has 0 fully saturated rings. The van der Waals surface area contributed by atoms with Crippen LogP contribution in [0.4, 0.5) is 5.88 Å². The number of nitrogens with zero attached hydrogens (tertiary/aromatic N) is 2. The predicted octanol–water partition coefficient (Wildman–Crippen LogP) is 2.96. The molecule has 3 aromatic rings. The molecule has 0 radical (unpaired) electrons. The van der Waals surface area contributed by atoms with Crippen molar-refractivity contribution < 1.29 is 18.9 Å². The van der Waals surface area contributed by atoms with E-state index in [0.717, 1.165) is 11.5 Å². The lowest BCUT2D eigenvalue weighted by Crippen LogP contribution is -2.07. The van der Waals surface area contributed by atoms with E-state index in [2.05, 4.69) is 4.98 Å². The fourth-order valence-corrected chi connectivity index (χ4v) is 1.84. The normalized spacial score (nSPS) is 10.5. The molecular formula is C14H8N2O5. The number of pyridine rings is 1. The van der Waals surface area contributed by atoms with Crippen molar-refractivity contribution in [2.75, 3.05) is 0 Å². The number of furan rings is 1. The van der Waals surface area contributed by atoms with Crippen LogP contribution in [0.15, 0.2) is 53.1 Å². The quantitative estimate of drug-likeness (QED) is 0.317. The van der Waals surface area contributed by atoms with E-state index in [1.807, 2.05) is 12.1 Å². The SMILES string of the molecule is O=C(Oc1cccc2cccnc12)c1ccc([N+](=O)[O-])o1. The molecule has 0 aliphatic heterocycles. The first-order chi connectivity index (χ1) is 10.1. The van der Waals surface area contributed by atoms with E-state index in [9.17, 15) is 14.9 Å². The molecule has 0 aliphatic rings. The van der Waals surface area contributed by atoms with E-state index in [0.29, 0.717) is 5.52 Å². The number of carbonyl (C=O) groups is 1. The van der Waals surface area contributed by atoms with E-state index >= 15 is 0 Å². The Kier molecular flexibility index (Phi) is 3.07. The van der Waals surface area contributed by atoms with E-state index in [1.54, 1.807) is 24.4 Å². The fourth-order valence-electron chi connectivity index (χ4n) is 1.84. The van der Waals surface area contributed by atoms with Crippen LogP contribution in [0.1, 0.15) is 10.6 Å². The van der Waals surface area contributed by atoms with Gasteiger partial charge in [0.25, 0.3) is 0 Å². The van der Waals surface area contributed by atoms with Gasteiger partial charge in [-0.15, -0.1) is 0 Å². The molecule has 3 rings (SSSR count). The van der Waals surface area contributed by atoms with Crippen molar-refractivity contribution in [3.05, 3.63) is 64.5 Å². The number of para-hydroxylation sites is 1. The van der Waals surface area contributed by atoms with Gasteiger partial charge < -0.3 is 9.15 Å². The third-order valence-electron chi connectivity index (χ3n) is 2.77. The number of carbonyl (C=O) groups excluding carboxylic acids is 1. The van der Waals surface area contributed by atoms with E-state index in [-0.39, 0.29) is 11.5 Å². The monoisotopic (exact) mass is 284 g/mol. The summed E-state index contributed by atoms with van der Waals surface area (Å²) >= 11 is 0. The Bertz CT molecular complexity index is 835. The van der Waals surface area contributed by atoms with Crippen molar-refractivity contribution >= 4 is 22.8 Å². The van der Waals surface area contributed by atoms with Crippen LogP contribution < -0.4 is 4.74 Å². The van der Waals surface area contributed by atoms with Gasteiger partial charge in [0.2, 0.25) is 5.76 Å². The molecule has 104 valence electrons. The first kappa shape index (κ1) is 12.8. The molecule has 0 saturated carbocycles. The van der Waals surface area contributed by atoms with Crippen molar-refractivity contribution in [1.82, 2.24) is 4.98 Å². The van der Waals surface area contributed by atoms with Crippen molar-refractivity contribution in [3.63, 3.8) is 0 Å². The molecule has 0 saturated heterocycles. The van der Waals surface area contributed by atoms with E-state index in [1.165, 1.54) is 6.07 Å². The fraction of sp³-hybridized carbons (Fsp3) is 0. The molecule has 0 aliphatic carbocycles. The molecule has 0 bridgehead atoms. The number of ether oxygens (including phenoxy) is 1. The van der Waals surface area contributed by atoms with Gasteiger partial charge in [-0.25, -0.2) is 4.79 Å². The zero-order valence-corrected chi connectivity index (χ0v) is 10.6. The van der Waals surface area contributed by atoms with Crippen LogP contribution in [0.25, 0.3) is 10.9 Å². The highest BCUT2D eigenvalue weighted by atomic mass is 16.7. The minimum Gasteiger partial charge on any atom is -0.418 e. The third kappa shape index (κ3) is 2.44. The molecule has 2 heterocycles. The summed E-state index contributed by atoms with van der Waals surface area (Å²) < 4.78 is 9.99. The second-order valence-electron chi connectivity index (χ2n) is 4.12. The van der Waals surface area contributed by atoms with Crippen molar-refractivity contribution in [2.24, 2.45) is 0 Å². The Labute approximate surface area is 117 Å².